The van der Waals surface area contributed by atoms with Crippen molar-refractivity contribution >= 4 is 17.2 Å². The van der Waals surface area contributed by atoms with Crippen molar-refractivity contribution in [3.63, 3.8) is 0 Å². The molecule has 0 fully saturated rings. The molecule has 0 aliphatic heterocycles. The minimum absolute atomic E-state index is 0.145. The second-order valence-electron chi connectivity index (χ2n) is 5.25. The Kier molecular flexibility index (Phi) is 3.36. The van der Waals surface area contributed by atoms with Crippen LogP contribution in [0.4, 0.5) is 10.1 Å². The van der Waals surface area contributed by atoms with Crippen LogP contribution in [0.1, 0.15) is 27.3 Å². The van der Waals surface area contributed by atoms with Crippen molar-refractivity contribution in [1.29, 1.82) is 0 Å². The molecule has 5 nitrogen and oxygen atoms in total. The van der Waals surface area contributed by atoms with Gasteiger partial charge < -0.3 is 5.32 Å². The lowest BCUT2D eigenvalue weighted by atomic mass is 10.2. The van der Waals surface area contributed by atoms with Gasteiger partial charge in [0, 0.05) is 12.3 Å². The fourth-order valence-corrected chi connectivity index (χ4v) is 2.30. The first-order chi connectivity index (χ1) is 10.5. The highest BCUT2D eigenvalue weighted by Gasteiger charge is 2.15. The van der Waals surface area contributed by atoms with E-state index in [0.29, 0.717) is 16.9 Å². The van der Waals surface area contributed by atoms with Crippen LogP contribution < -0.4 is 5.32 Å². The van der Waals surface area contributed by atoms with Crippen LogP contribution in [0.2, 0.25) is 0 Å². The SMILES string of the molecule is Cc1ccc(NC(=O)c2cnc3cc(C)nn3c2C)c(F)c1. The van der Waals surface area contributed by atoms with E-state index in [9.17, 15) is 9.18 Å². The van der Waals surface area contributed by atoms with Gasteiger partial charge in [-0.2, -0.15) is 5.10 Å². The Balaban J connectivity index is 1.96. The molecule has 0 unspecified atom stereocenters. The zero-order valence-electron chi connectivity index (χ0n) is 12.5. The van der Waals surface area contributed by atoms with Crippen LogP contribution in [0, 0.1) is 26.6 Å². The molecule has 0 aliphatic rings. The minimum Gasteiger partial charge on any atom is -0.319 e. The lowest BCUT2D eigenvalue weighted by Crippen LogP contribution is -2.17. The van der Waals surface area contributed by atoms with Crippen molar-refractivity contribution in [3.8, 4) is 0 Å². The third-order valence-electron chi connectivity index (χ3n) is 3.46. The van der Waals surface area contributed by atoms with E-state index >= 15 is 0 Å². The number of rotatable bonds is 2. The van der Waals surface area contributed by atoms with Gasteiger partial charge in [-0.15, -0.1) is 0 Å². The van der Waals surface area contributed by atoms with E-state index in [1.807, 2.05) is 13.0 Å². The number of carbonyl (C=O) groups is 1. The van der Waals surface area contributed by atoms with Gasteiger partial charge in [0.15, 0.2) is 5.65 Å². The van der Waals surface area contributed by atoms with E-state index in [4.69, 9.17) is 0 Å². The van der Waals surface area contributed by atoms with Gasteiger partial charge in [-0.25, -0.2) is 13.9 Å². The number of fused-ring (bicyclic) bond motifs is 1. The smallest absolute Gasteiger partial charge is 0.259 e. The monoisotopic (exact) mass is 298 g/mol. The van der Waals surface area contributed by atoms with Gasteiger partial charge in [0.2, 0.25) is 0 Å². The average Bonchev–Trinajstić information content (AvgIpc) is 2.84. The second-order valence-corrected chi connectivity index (χ2v) is 5.25. The summed E-state index contributed by atoms with van der Waals surface area (Å²) >= 11 is 0. The molecule has 1 amide bonds. The van der Waals surface area contributed by atoms with E-state index in [0.717, 1.165) is 11.3 Å². The minimum atomic E-state index is -0.463. The number of hydrogen-bond acceptors (Lipinski definition) is 3. The summed E-state index contributed by atoms with van der Waals surface area (Å²) < 4.78 is 15.4. The molecule has 3 aromatic rings. The quantitative estimate of drug-likeness (QED) is 0.791. The number of amides is 1. The molecule has 6 heteroatoms. The number of aryl methyl sites for hydroxylation is 3. The van der Waals surface area contributed by atoms with E-state index in [1.165, 1.54) is 12.3 Å². The molecule has 0 atom stereocenters. The summed E-state index contributed by atoms with van der Waals surface area (Å²) in [7, 11) is 0. The lowest BCUT2D eigenvalue weighted by Gasteiger charge is -2.09. The Morgan fingerprint density at radius 3 is 2.73 bits per heavy atom. The molecule has 22 heavy (non-hydrogen) atoms. The number of anilines is 1. The van der Waals surface area contributed by atoms with E-state index in [2.05, 4.69) is 15.4 Å². The maximum Gasteiger partial charge on any atom is 0.259 e. The Hall–Kier alpha value is -2.76. The third kappa shape index (κ3) is 2.43. The Morgan fingerprint density at radius 2 is 2.00 bits per heavy atom. The predicted octanol–water partition coefficient (Wildman–Crippen LogP) is 3.05. The first-order valence-electron chi connectivity index (χ1n) is 6.85. The van der Waals surface area contributed by atoms with E-state index in [-0.39, 0.29) is 5.69 Å². The molecule has 0 radical (unpaired) electrons. The van der Waals surface area contributed by atoms with Crippen LogP contribution >= 0.6 is 0 Å². The number of carbonyl (C=O) groups excluding carboxylic acids is 1. The summed E-state index contributed by atoms with van der Waals surface area (Å²) in [5.41, 5.74) is 3.44. The maximum atomic E-state index is 13.8. The Labute approximate surface area is 126 Å². The van der Waals surface area contributed by atoms with Crippen LogP contribution in [0.5, 0.6) is 0 Å². The first kappa shape index (κ1) is 14.2. The number of nitrogens with one attached hydrogen (secondary N) is 1. The lowest BCUT2D eigenvalue weighted by molar-refractivity contribution is 0.102. The fraction of sp³-hybridized carbons (Fsp3) is 0.188. The van der Waals surface area contributed by atoms with E-state index in [1.54, 1.807) is 30.5 Å². The van der Waals surface area contributed by atoms with Gasteiger partial charge in [-0.1, -0.05) is 6.07 Å². The van der Waals surface area contributed by atoms with Crippen LogP contribution in [0.3, 0.4) is 0 Å². The highest BCUT2D eigenvalue weighted by Crippen LogP contribution is 2.18. The number of benzene rings is 1. The molecule has 1 N–H and O–H groups in total. The van der Waals surface area contributed by atoms with Gasteiger partial charge in [0.1, 0.15) is 5.82 Å². The van der Waals surface area contributed by atoms with Crippen molar-refractivity contribution < 1.29 is 9.18 Å². The van der Waals surface area contributed by atoms with Gasteiger partial charge in [0.05, 0.1) is 22.6 Å². The van der Waals surface area contributed by atoms with Crippen molar-refractivity contribution in [3.05, 3.63) is 58.8 Å². The van der Waals surface area contributed by atoms with Gasteiger partial charge in [0.25, 0.3) is 5.91 Å². The molecule has 0 spiro atoms. The molecule has 0 aliphatic carbocycles. The first-order valence-corrected chi connectivity index (χ1v) is 6.85. The van der Waals surface area contributed by atoms with Crippen LogP contribution in [-0.4, -0.2) is 20.5 Å². The van der Waals surface area contributed by atoms with Crippen molar-refractivity contribution in [1.82, 2.24) is 14.6 Å². The average molecular weight is 298 g/mol. The molecule has 112 valence electrons. The number of halogens is 1. The molecular weight excluding hydrogens is 283 g/mol. The Bertz CT molecular complexity index is 885. The van der Waals surface area contributed by atoms with E-state index < -0.39 is 11.7 Å². The summed E-state index contributed by atoms with van der Waals surface area (Å²) in [4.78, 5) is 16.6. The Morgan fingerprint density at radius 1 is 1.23 bits per heavy atom. The summed E-state index contributed by atoms with van der Waals surface area (Å²) in [5, 5.41) is 6.86. The standard InChI is InChI=1S/C16H15FN4O/c1-9-4-5-14(13(17)6-9)19-16(22)12-8-18-15-7-10(2)20-21(15)11(12)3/h4-8H,1-3H3,(H,19,22). The maximum absolute atomic E-state index is 13.8. The van der Waals surface area contributed by atoms with Crippen molar-refractivity contribution in [2.75, 3.05) is 5.32 Å². The van der Waals surface area contributed by atoms with Crippen LogP contribution in [-0.2, 0) is 0 Å². The van der Waals surface area contributed by atoms with Crippen LogP contribution in [0.15, 0.2) is 30.5 Å². The summed E-state index contributed by atoms with van der Waals surface area (Å²) in [6.45, 7) is 5.42. The van der Waals surface area contributed by atoms with Gasteiger partial charge >= 0.3 is 0 Å². The van der Waals surface area contributed by atoms with Gasteiger partial charge in [-0.05, 0) is 38.5 Å². The molecule has 3 rings (SSSR count). The molecule has 2 aromatic heterocycles. The molecular formula is C16H15FN4O. The zero-order valence-corrected chi connectivity index (χ0v) is 12.5. The van der Waals surface area contributed by atoms with Crippen molar-refractivity contribution in [2.24, 2.45) is 0 Å². The largest absolute Gasteiger partial charge is 0.319 e. The predicted molar refractivity (Wildman–Crippen MR) is 81.6 cm³/mol. The third-order valence-corrected chi connectivity index (χ3v) is 3.46. The van der Waals surface area contributed by atoms with Crippen LogP contribution in [0.25, 0.3) is 5.65 Å². The summed E-state index contributed by atoms with van der Waals surface area (Å²) in [5.74, 6) is -0.877. The summed E-state index contributed by atoms with van der Waals surface area (Å²) in [6.07, 6.45) is 1.48. The number of aromatic nitrogens is 3. The summed E-state index contributed by atoms with van der Waals surface area (Å²) in [6, 6.07) is 6.49. The molecule has 0 saturated heterocycles. The fourth-order valence-electron chi connectivity index (χ4n) is 2.30. The normalized spacial score (nSPS) is 10.9. The molecule has 0 bridgehead atoms. The molecule has 1 aromatic carbocycles. The topological polar surface area (TPSA) is 59.3 Å². The number of nitrogens with zero attached hydrogens (tertiary/aromatic N) is 3. The number of hydrogen-bond donors (Lipinski definition) is 1. The highest BCUT2D eigenvalue weighted by atomic mass is 19.1. The molecule has 0 saturated carbocycles. The second kappa shape index (κ2) is 5.22. The highest BCUT2D eigenvalue weighted by molar-refractivity contribution is 6.05. The zero-order chi connectivity index (χ0) is 15.9. The van der Waals surface area contributed by atoms with Crippen molar-refractivity contribution in [2.45, 2.75) is 20.8 Å². The molecule has 2 heterocycles. The van der Waals surface area contributed by atoms with Gasteiger partial charge in [-0.3, -0.25) is 4.79 Å².